The van der Waals surface area contributed by atoms with Crippen LogP contribution < -0.4 is 15.2 Å². The van der Waals surface area contributed by atoms with E-state index in [9.17, 15) is 22.0 Å². The van der Waals surface area contributed by atoms with Crippen LogP contribution in [-0.2, 0) is 9.47 Å². The van der Waals surface area contributed by atoms with E-state index < -0.39 is 34.6 Å². The molecule has 2 aromatic rings. The Labute approximate surface area is 178 Å². The zero-order valence-corrected chi connectivity index (χ0v) is 16.6. The van der Waals surface area contributed by atoms with E-state index in [2.05, 4.69) is 25.5 Å². The van der Waals surface area contributed by atoms with Crippen LogP contribution in [0.5, 0.6) is 0 Å². The van der Waals surface area contributed by atoms with Crippen molar-refractivity contribution in [3.8, 4) is 0 Å². The van der Waals surface area contributed by atoms with E-state index in [0.717, 1.165) is 0 Å². The number of hydrogen-bond acceptors (Lipinski definition) is 9. The van der Waals surface area contributed by atoms with Crippen LogP contribution in [0.2, 0.25) is 0 Å². The first-order valence-electron chi connectivity index (χ1n) is 9.67. The Balaban J connectivity index is 1.61. The number of benzene rings is 1. The van der Waals surface area contributed by atoms with Gasteiger partial charge in [0.15, 0.2) is 23.3 Å². The van der Waals surface area contributed by atoms with Gasteiger partial charge in [-0.3, -0.25) is 0 Å². The minimum atomic E-state index is -2.24. The molecule has 0 saturated carbocycles. The van der Waals surface area contributed by atoms with Gasteiger partial charge >= 0.3 is 0 Å². The molecule has 1 N–H and O–H groups in total. The summed E-state index contributed by atoms with van der Waals surface area (Å²) in [7, 11) is 0. The smallest absolute Gasteiger partial charge is 0.250 e. The molecule has 2 saturated heterocycles. The highest BCUT2D eigenvalue weighted by molar-refractivity contribution is 5.81. The van der Waals surface area contributed by atoms with Gasteiger partial charge in [0.25, 0.3) is 0 Å². The van der Waals surface area contributed by atoms with E-state index in [1.807, 2.05) is 9.80 Å². The zero-order chi connectivity index (χ0) is 22.7. The molecular formula is C18H18F5N7O2. The molecule has 0 unspecified atom stereocenters. The molecule has 14 heteroatoms. The second kappa shape index (κ2) is 9.56. The SMILES string of the molecule is Fc1c(F)c(F)c(/C=N/Nc2nc(N3CCOCC3)nc(N3CCOCC3)n2)c(F)c1F. The molecule has 0 atom stereocenters. The van der Waals surface area contributed by atoms with Gasteiger partial charge in [0, 0.05) is 26.2 Å². The van der Waals surface area contributed by atoms with E-state index in [1.54, 1.807) is 0 Å². The van der Waals surface area contributed by atoms with Crippen molar-refractivity contribution in [3.05, 3.63) is 34.6 Å². The number of hydrogen-bond donors (Lipinski definition) is 1. The molecule has 0 amide bonds. The van der Waals surface area contributed by atoms with Crippen molar-refractivity contribution in [2.75, 3.05) is 67.8 Å². The topological polar surface area (TPSA) is 88.0 Å². The number of morpholine rings is 2. The highest BCUT2D eigenvalue weighted by Crippen LogP contribution is 2.22. The van der Waals surface area contributed by atoms with Crippen LogP contribution in [0.1, 0.15) is 5.56 Å². The molecule has 32 heavy (non-hydrogen) atoms. The molecule has 172 valence electrons. The molecule has 2 aliphatic heterocycles. The molecule has 0 bridgehead atoms. The Hall–Kier alpha value is -3.13. The first-order chi connectivity index (χ1) is 15.5. The van der Waals surface area contributed by atoms with Gasteiger partial charge in [-0.2, -0.15) is 20.1 Å². The van der Waals surface area contributed by atoms with Crippen LogP contribution in [0.3, 0.4) is 0 Å². The van der Waals surface area contributed by atoms with E-state index in [-0.39, 0.29) is 5.95 Å². The molecule has 2 aliphatic rings. The summed E-state index contributed by atoms with van der Waals surface area (Å²) in [5.41, 5.74) is 1.19. The lowest BCUT2D eigenvalue weighted by Gasteiger charge is -2.30. The van der Waals surface area contributed by atoms with Crippen molar-refractivity contribution in [1.29, 1.82) is 0 Å². The number of nitrogens with one attached hydrogen (secondary N) is 1. The van der Waals surface area contributed by atoms with Crippen molar-refractivity contribution in [3.63, 3.8) is 0 Å². The standard InChI is InChI=1S/C18H18F5N7O2/c19-11-10(12(20)14(22)15(23)13(11)21)9-24-28-16-25-17(29-1-5-31-6-2-29)27-18(26-16)30-3-7-32-8-4-30/h9H,1-8H2,(H,25,26,27,28)/b24-9+. The highest BCUT2D eigenvalue weighted by atomic mass is 19.2. The van der Waals surface area contributed by atoms with E-state index in [0.29, 0.717) is 70.7 Å². The van der Waals surface area contributed by atoms with Gasteiger partial charge in [0.05, 0.1) is 38.2 Å². The van der Waals surface area contributed by atoms with Crippen LogP contribution in [0.4, 0.5) is 39.8 Å². The van der Waals surface area contributed by atoms with Crippen LogP contribution in [0.15, 0.2) is 5.10 Å². The van der Waals surface area contributed by atoms with Crippen LogP contribution >= 0.6 is 0 Å². The number of aromatic nitrogens is 3. The van der Waals surface area contributed by atoms with Crippen LogP contribution in [0.25, 0.3) is 0 Å². The van der Waals surface area contributed by atoms with E-state index in [1.165, 1.54) is 0 Å². The number of hydrazone groups is 1. The summed E-state index contributed by atoms with van der Waals surface area (Å²) in [6, 6.07) is 0. The average Bonchev–Trinajstić information content (AvgIpc) is 2.84. The van der Waals surface area contributed by atoms with Gasteiger partial charge in [0.2, 0.25) is 23.7 Å². The minimum absolute atomic E-state index is 0.0666. The third-order valence-corrected chi connectivity index (χ3v) is 4.80. The molecule has 4 rings (SSSR count). The Kier molecular flexibility index (Phi) is 6.60. The van der Waals surface area contributed by atoms with Gasteiger partial charge < -0.3 is 19.3 Å². The fourth-order valence-electron chi connectivity index (χ4n) is 3.10. The molecule has 0 spiro atoms. The second-order valence-electron chi connectivity index (χ2n) is 6.81. The summed E-state index contributed by atoms with van der Waals surface area (Å²) in [5.74, 6) is -9.76. The lowest BCUT2D eigenvalue weighted by Crippen LogP contribution is -2.40. The van der Waals surface area contributed by atoms with Gasteiger partial charge in [-0.1, -0.05) is 0 Å². The monoisotopic (exact) mass is 459 g/mol. The average molecular weight is 459 g/mol. The first-order valence-corrected chi connectivity index (χ1v) is 9.67. The minimum Gasteiger partial charge on any atom is -0.378 e. The Morgan fingerprint density at radius 3 is 1.59 bits per heavy atom. The zero-order valence-electron chi connectivity index (χ0n) is 16.6. The quantitative estimate of drug-likeness (QED) is 0.238. The molecule has 3 heterocycles. The number of rotatable bonds is 5. The maximum Gasteiger partial charge on any atom is 0.250 e. The van der Waals surface area contributed by atoms with Gasteiger partial charge in [-0.15, -0.1) is 0 Å². The van der Waals surface area contributed by atoms with E-state index >= 15 is 0 Å². The second-order valence-corrected chi connectivity index (χ2v) is 6.81. The largest absolute Gasteiger partial charge is 0.378 e. The third-order valence-electron chi connectivity index (χ3n) is 4.80. The lowest BCUT2D eigenvalue weighted by molar-refractivity contribution is 0.121. The number of halogens is 5. The lowest BCUT2D eigenvalue weighted by atomic mass is 10.2. The van der Waals surface area contributed by atoms with Crippen molar-refractivity contribution < 1.29 is 31.4 Å². The molecular weight excluding hydrogens is 441 g/mol. The summed E-state index contributed by atoms with van der Waals surface area (Å²) in [6.07, 6.45) is 0.475. The molecule has 2 fully saturated rings. The number of ether oxygens (including phenoxy) is 2. The predicted octanol–water partition coefficient (Wildman–Crippen LogP) is 1.69. The fourth-order valence-corrected chi connectivity index (χ4v) is 3.10. The summed E-state index contributed by atoms with van der Waals surface area (Å²) in [4.78, 5) is 16.7. The van der Waals surface area contributed by atoms with Gasteiger partial charge in [-0.05, 0) is 0 Å². The molecule has 0 aliphatic carbocycles. The van der Waals surface area contributed by atoms with Crippen molar-refractivity contribution in [2.24, 2.45) is 5.10 Å². The Morgan fingerprint density at radius 2 is 1.12 bits per heavy atom. The maximum atomic E-state index is 13.8. The Morgan fingerprint density at radius 1 is 0.688 bits per heavy atom. The summed E-state index contributed by atoms with van der Waals surface area (Å²) in [5, 5.41) is 3.57. The van der Waals surface area contributed by atoms with Crippen molar-refractivity contribution >= 4 is 24.1 Å². The number of nitrogens with zero attached hydrogens (tertiary/aromatic N) is 6. The summed E-state index contributed by atoms with van der Waals surface area (Å²) >= 11 is 0. The van der Waals surface area contributed by atoms with Gasteiger partial charge in [0.1, 0.15) is 0 Å². The number of anilines is 3. The first kappa shape index (κ1) is 22.1. The molecule has 1 aromatic heterocycles. The highest BCUT2D eigenvalue weighted by Gasteiger charge is 2.25. The van der Waals surface area contributed by atoms with Crippen LogP contribution in [0, 0.1) is 29.1 Å². The maximum absolute atomic E-state index is 13.8. The fraction of sp³-hybridized carbons (Fsp3) is 0.444. The molecule has 1 aromatic carbocycles. The van der Waals surface area contributed by atoms with Gasteiger partial charge in [-0.25, -0.2) is 27.4 Å². The Bertz CT molecular complexity index is 948. The van der Waals surface area contributed by atoms with Crippen molar-refractivity contribution in [1.82, 2.24) is 15.0 Å². The summed E-state index contributed by atoms with van der Waals surface area (Å²) < 4.78 is 78.2. The predicted molar refractivity (Wildman–Crippen MR) is 103 cm³/mol. The van der Waals surface area contributed by atoms with Crippen LogP contribution in [-0.4, -0.2) is 73.8 Å². The normalized spacial score (nSPS) is 17.3. The van der Waals surface area contributed by atoms with E-state index in [4.69, 9.17) is 9.47 Å². The summed E-state index contributed by atoms with van der Waals surface area (Å²) in [6.45, 7) is 4.11. The van der Waals surface area contributed by atoms with Crippen molar-refractivity contribution in [2.45, 2.75) is 0 Å². The third kappa shape index (κ3) is 4.55. The molecule has 0 radical (unpaired) electrons. The molecule has 9 nitrogen and oxygen atoms in total.